The lowest BCUT2D eigenvalue weighted by molar-refractivity contribution is 0.392. The third kappa shape index (κ3) is 3.58. The number of nitrogens with one attached hydrogen (secondary N) is 2. The van der Waals surface area contributed by atoms with Crippen LogP contribution in [0.15, 0.2) is 6.07 Å². The Kier molecular flexibility index (Phi) is 5.00. The second-order valence-corrected chi connectivity index (χ2v) is 5.99. The molecule has 1 unspecified atom stereocenters. The largest absolute Gasteiger partial charge is 0.315 e. The smallest absolute Gasteiger partial charge is 0.0193 e. The molecule has 1 saturated heterocycles. The number of rotatable bonds is 4. The fourth-order valence-electron chi connectivity index (χ4n) is 3.10. The van der Waals surface area contributed by atoms with Gasteiger partial charge in [0.15, 0.2) is 0 Å². The fourth-order valence-corrected chi connectivity index (χ4v) is 3.10. The molecule has 1 aliphatic rings. The van der Waals surface area contributed by atoms with E-state index in [0.29, 0.717) is 6.04 Å². The van der Waals surface area contributed by atoms with Gasteiger partial charge in [0.05, 0.1) is 0 Å². The number of piperidine rings is 1. The Bertz CT molecular complexity index is 405. The van der Waals surface area contributed by atoms with E-state index in [-0.39, 0.29) is 0 Å². The van der Waals surface area contributed by atoms with Crippen LogP contribution in [0.5, 0.6) is 0 Å². The van der Waals surface area contributed by atoms with Crippen LogP contribution in [0.25, 0.3) is 0 Å². The third-order valence-corrected chi connectivity index (χ3v) is 4.63. The molecule has 2 N–H and O–H groups in total. The zero-order valence-corrected chi connectivity index (χ0v) is 12.9. The van der Waals surface area contributed by atoms with Gasteiger partial charge in [-0.25, -0.2) is 0 Å². The lowest BCUT2D eigenvalue weighted by atomic mass is 9.92. The maximum Gasteiger partial charge on any atom is 0.0193 e. The van der Waals surface area contributed by atoms with Crippen molar-refractivity contribution in [2.45, 2.75) is 53.0 Å². The quantitative estimate of drug-likeness (QED) is 0.870. The molecule has 0 saturated carbocycles. The zero-order valence-electron chi connectivity index (χ0n) is 12.9. The van der Waals surface area contributed by atoms with E-state index in [1.165, 1.54) is 41.6 Å². The van der Waals surface area contributed by atoms with Gasteiger partial charge >= 0.3 is 0 Å². The standard InChI is InChI=1S/C17H28N2/c1-12-10-13(2)15(4)17(14(12)3)7-9-19-16-6-5-8-18-11-16/h10,16,18-19H,5-9,11H2,1-4H3. The van der Waals surface area contributed by atoms with Crippen LogP contribution in [-0.4, -0.2) is 25.7 Å². The van der Waals surface area contributed by atoms with Gasteiger partial charge in [0, 0.05) is 12.6 Å². The molecular formula is C17H28N2. The summed E-state index contributed by atoms with van der Waals surface area (Å²) in [5.74, 6) is 0. The van der Waals surface area contributed by atoms with Crippen molar-refractivity contribution in [3.8, 4) is 0 Å². The minimum Gasteiger partial charge on any atom is -0.315 e. The Labute approximate surface area is 118 Å². The first-order valence-corrected chi connectivity index (χ1v) is 7.60. The van der Waals surface area contributed by atoms with Gasteiger partial charge in [-0.05, 0) is 87.9 Å². The maximum absolute atomic E-state index is 3.70. The van der Waals surface area contributed by atoms with Gasteiger partial charge in [-0.1, -0.05) is 6.07 Å². The lowest BCUT2D eigenvalue weighted by Crippen LogP contribution is -2.43. The molecule has 0 amide bonds. The fraction of sp³-hybridized carbons (Fsp3) is 0.647. The molecule has 2 rings (SSSR count). The molecule has 0 spiro atoms. The first kappa shape index (κ1) is 14.5. The average Bonchev–Trinajstić information content (AvgIpc) is 2.42. The van der Waals surface area contributed by atoms with Gasteiger partial charge < -0.3 is 10.6 Å². The number of benzene rings is 1. The molecule has 0 radical (unpaired) electrons. The van der Waals surface area contributed by atoms with Crippen LogP contribution in [0.1, 0.15) is 40.7 Å². The van der Waals surface area contributed by atoms with Crippen LogP contribution in [0.3, 0.4) is 0 Å². The van der Waals surface area contributed by atoms with Crippen molar-refractivity contribution in [3.05, 3.63) is 33.9 Å². The van der Waals surface area contributed by atoms with E-state index >= 15 is 0 Å². The highest BCUT2D eigenvalue weighted by Crippen LogP contribution is 2.21. The van der Waals surface area contributed by atoms with E-state index in [4.69, 9.17) is 0 Å². The van der Waals surface area contributed by atoms with E-state index in [1.807, 2.05) is 0 Å². The van der Waals surface area contributed by atoms with Crippen molar-refractivity contribution in [1.29, 1.82) is 0 Å². The molecule has 1 heterocycles. The molecule has 1 atom stereocenters. The van der Waals surface area contributed by atoms with E-state index in [2.05, 4.69) is 44.4 Å². The van der Waals surface area contributed by atoms with Crippen molar-refractivity contribution in [2.24, 2.45) is 0 Å². The predicted molar refractivity (Wildman–Crippen MR) is 83.0 cm³/mol. The summed E-state index contributed by atoms with van der Waals surface area (Å²) < 4.78 is 0. The van der Waals surface area contributed by atoms with Crippen LogP contribution in [0, 0.1) is 27.7 Å². The summed E-state index contributed by atoms with van der Waals surface area (Å²) in [6, 6.07) is 2.98. The highest BCUT2D eigenvalue weighted by atomic mass is 15.0. The van der Waals surface area contributed by atoms with E-state index in [0.717, 1.165) is 19.5 Å². The summed E-state index contributed by atoms with van der Waals surface area (Å²) >= 11 is 0. The highest BCUT2D eigenvalue weighted by molar-refractivity contribution is 5.44. The summed E-state index contributed by atoms with van der Waals surface area (Å²) in [6.45, 7) is 12.4. The van der Waals surface area contributed by atoms with Crippen LogP contribution < -0.4 is 10.6 Å². The van der Waals surface area contributed by atoms with Crippen molar-refractivity contribution >= 4 is 0 Å². The van der Waals surface area contributed by atoms with Crippen molar-refractivity contribution in [1.82, 2.24) is 10.6 Å². The monoisotopic (exact) mass is 260 g/mol. The molecular weight excluding hydrogens is 232 g/mol. The maximum atomic E-state index is 3.70. The normalized spacial score (nSPS) is 19.7. The first-order chi connectivity index (χ1) is 9.09. The van der Waals surface area contributed by atoms with Crippen molar-refractivity contribution in [2.75, 3.05) is 19.6 Å². The number of hydrogen-bond donors (Lipinski definition) is 2. The minimum absolute atomic E-state index is 0.667. The first-order valence-electron chi connectivity index (χ1n) is 7.60. The van der Waals surface area contributed by atoms with Crippen LogP contribution >= 0.6 is 0 Å². The van der Waals surface area contributed by atoms with Crippen molar-refractivity contribution < 1.29 is 0 Å². The summed E-state index contributed by atoms with van der Waals surface area (Å²) in [5.41, 5.74) is 7.36. The highest BCUT2D eigenvalue weighted by Gasteiger charge is 2.13. The molecule has 106 valence electrons. The molecule has 2 heteroatoms. The molecule has 0 bridgehead atoms. The Morgan fingerprint density at radius 2 is 1.84 bits per heavy atom. The topological polar surface area (TPSA) is 24.1 Å². The Morgan fingerprint density at radius 3 is 2.42 bits per heavy atom. The predicted octanol–water partition coefficient (Wildman–Crippen LogP) is 2.80. The Balaban J connectivity index is 1.95. The molecule has 1 fully saturated rings. The Hall–Kier alpha value is -0.860. The van der Waals surface area contributed by atoms with E-state index in [1.54, 1.807) is 5.56 Å². The summed E-state index contributed by atoms with van der Waals surface area (Å²) in [6.07, 6.45) is 3.77. The molecule has 1 aliphatic heterocycles. The third-order valence-electron chi connectivity index (χ3n) is 4.63. The number of aryl methyl sites for hydroxylation is 2. The average molecular weight is 260 g/mol. The summed E-state index contributed by atoms with van der Waals surface area (Å²) in [7, 11) is 0. The van der Waals surface area contributed by atoms with Crippen LogP contribution in [-0.2, 0) is 6.42 Å². The lowest BCUT2D eigenvalue weighted by Gasteiger charge is -2.24. The molecule has 0 aromatic heterocycles. The SMILES string of the molecule is Cc1cc(C)c(C)c(CCNC2CCCNC2)c1C. The zero-order chi connectivity index (χ0) is 13.8. The number of hydrogen-bond acceptors (Lipinski definition) is 2. The second-order valence-electron chi connectivity index (χ2n) is 5.99. The molecule has 0 aliphatic carbocycles. The molecule has 1 aromatic carbocycles. The van der Waals surface area contributed by atoms with Gasteiger partial charge in [-0.3, -0.25) is 0 Å². The van der Waals surface area contributed by atoms with Gasteiger partial charge in [0.25, 0.3) is 0 Å². The van der Waals surface area contributed by atoms with E-state index in [9.17, 15) is 0 Å². The van der Waals surface area contributed by atoms with Crippen molar-refractivity contribution in [3.63, 3.8) is 0 Å². The van der Waals surface area contributed by atoms with Crippen LogP contribution in [0.2, 0.25) is 0 Å². The molecule has 2 nitrogen and oxygen atoms in total. The Morgan fingerprint density at radius 1 is 1.16 bits per heavy atom. The van der Waals surface area contributed by atoms with Gasteiger partial charge in [-0.15, -0.1) is 0 Å². The van der Waals surface area contributed by atoms with Crippen LogP contribution in [0.4, 0.5) is 0 Å². The van der Waals surface area contributed by atoms with Gasteiger partial charge in [-0.2, -0.15) is 0 Å². The minimum atomic E-state index is 0.667. The second kappa shape index (κ2) is 6.53. The van der Waals surface area contributed by atoms with Gasteiger partial charge in [0.1, 0.15) is 0 Å². The van der Waals surface area contributed by atoms with E-state index < -0.39 is 0 Å². The summed E-state index contributed by atoms with van der Waals surface area (Å²) in [5, 5.41) is 7.16. The van der Waals surface area contributed by atoms with Gasteiger partial charge in [0.2, 0.25) is 0 Å². The molecule has 19 heavy (non-hydrogen) atoms. The summed E-state index contributed by atoms with van der Waals surface area (Å²) in [4.78, 5) is 0. The molecule has 1 aromatic rings.